The van der Waals surface area contributed by atoms with Gasteiger partial charge in [-0.2, -0.15) is 4.31 Å². The third-order valence-corrected chi connectivity index (χ3v) is 7.26. The van der Waals surface area contributed by atoms with Crippen LogP contribution in [0.25, 0.3) is 0 Å². The van der Waals surface area contributed by atoms with E-state index < -0.39 is 16.1 Å². The van der Waals surface area contributed by atoms with Crippen molar-refractivity contribution in [1.29, 1.82) is 0 Å². The van der Waals surface area contributed by atoms with Crippen molar-refractivity contribution >= 4 is 27.3 Å². The van der Waals surface area contributed by atoms with Crippen LogP contribution in [-0.2, 0) is 19.6 Å². The maximum Gasteiger partial charge on any atom is 0.265 e. The molecule has 2 aromatic carbocycles. The summed E-state index contributed by atoms with van der Waals surface area (Å²) in [5.74, 6) is 0.228. The highest BCUT2D eigenvalue weighted by molar-refractivity contribution is 7.89. The highest BCUT2D eigenvalue weighted by Gasteiger charge is 2.28. The molecule has 3 rings (SSSR count). The maximum atomic E-state index is 13.1. The Labute approximate surface area is 190 Å². The molecule has 0 aliphatic carbocycles. The van der Waals surface area contributed by atoms with Gasteiger partial charge in [-0.1, -0.05) is 18.2 Å². The Bertz CT molecular complexity index is 1000. The van der Waals surface area contributed by atoms with E-state index in [1.54, 1.807) is 31.2 Å². The highest BCUT2D eigenvalue weighted by atomic mass is 32.2. The molecule has 1 aliphatic rings. The van der Waals surface area contributed by atoms with Gasteiger partial charge >= 0.3 is 0 Å². The molecule has 174 valence electrons. The molecule has 0 bridgehead atoms. The molecule has 1 N–H and O–H groups in total. The number of rotatable bonds is 9. The Morgan fingerprint density at radius 1 is 1.12 bits per heavy atom. The van der Waals surface area contributed by atoms with E-state index in [2.05, 4.69) is 10.2 Å². The van der Waals surface area contributed by atoms with E-state index in [4.69, 9.17) is 9.47 Å². The number of morpholine rings is 1. The second kappa shape index (κ2) is 10.8. The summed E-state index contributed by atoms with van der Waals surface area (Å²) in [4.78, 5) is 15.1. The van der Waals surface area contributed by atoms with Crippen LogP contribution in [0.5, 0.6) is 5.75 Å². The van der Waals surface area contributed by atoms with Gasteiger partial charge in [0.25, 0.3) is 5.91 Å². The van der Waals surface area contributed by atoms with Crippen molar-refractivity contribution in [3.8, 4) is 5.75 Å². The minimum Gasteiger partial charge on any atom is -0.481 e. The molecule has 1 atom stereocenters. The second-order valence-corrected chi connectivity index (χ2v) is 9.37. The minimum absolute atomic E-state index is 0.141. The third-order valence-electron chi connectivity index (χ3n) is 5.36. The van der Waals surface area contributed by atoms with E-state index in [-0.39, 0.29) is 10.8 Å². The van der Waals surface area contributed by atoms with Crippen LogP contribution in [0, 0.1) is 0 Å². The van der Waals surface area contributed by atoms with Gasteiger partial charge in [-0.3, -0.25) is 4.79 Å². The first-order valence-corrected chi connectivity index (χ1v) is 12.3. The predicted octanol–water partition coefficient (Wildman–Crippen LogP) is 2.96. The van der Waals surface area contributed by atoms with E-state index in [1.807, 2.05) is 32.0 Å². The number of hydrogen-bond donors (Lipinski definition) is 1. The lowest BCUT2D eigenvalue weighted by Gasteiger charge is -2.28. The molecule has 8 nitrogen and oxygen atoms in total. The van der Waals surface area contributed by atoms with Gasteiger partial charge in [0.2, 0.25) is 10.0 Å². The number of carbonyl (C=O) groups excluding carboxylic acids is 1. The molecule has 1 heterocycles. The number of nitrogens with zero attached hydrogens (tertiary/aromatic N) is 2. The topological polar surface area (TPSA) is 88.2 Å². The van der Waals surface area contributed by atoms with Crippen LogP contribution in [0.2, 0.25) is 0 Å². The number of ether oxygens (including phenoxy) is 2. The van der Waals surface area contributed by atoms with Gasteiger partial charge in [0, 0.05) is 26.2 Å². The second-order valence-electron chi connectivity index (χ2n) is 7.43. The number of carbonyl (C=O) groups is 1. The van der Waals surface area contributed by atoms with Crippen molar-refractivity contribution in [3.63, 3.8) is 0 Å². The summed E-state index contributed by atoms with van der Waals surface area (Å²) in [7, 11) is -3.69. The molecular weight excluding hydrogens is 430 g/mol. The fraction of sp³-hybridized carbons (Fsp3) is 0.435. The van der Waals surface area contributed by atoms with Crippen molar-refractivity contribution in [2.75, 3.05) is 49.6 Å². The van der Waals surface area contributed by atoms with Gasteiger partial charge in [-0.15, -0.1) is 0 Å². The lowest BCUT2D eigenvalue weighted by Crippen LogP contribution is -2.40. The summed E-state index contributed by atoms with van der Waals surface area (Å²) in [5.41, 5.74) is 1.20. The van der Waals surface area contributed by atoms with E-state index in [0.717, 1.165) is 5.69 Å². The molecule has 1 aliphatic heterocycles. The first-order chi connectivity index (χ1) is 15.4. The minimum atomic E-state index is -3.69. The van der Waals surface area contributed by atoms with Crippen LogP contribution in [0.3, 0.4) is 0 Å². The number of hydrogen-bond acceptors (Lipinski definition) is 6. The average molecular weight is 462 g/mol. The molecule has 1 amide bonds. The fourth-order valence-corrected chi connectivity index (χ4v) is 4.98. The summed E-state index contributed by atoms with van der Waals surface area (Å²) < 4.78 is 38.7. The number of benzene rings is 2. The number of para-hydroxylation sites is 1. The summed E-state index contributed by atoms with van der Waals surface area (Å²) in [6.07, 6.45) is -0.763. The summed E-state index contributed by atoms with van der Waals surface area (Å²) >= 11 is 0. The van der Waals surface area contributed by atoms with Crippen LogP contribution in [-0.4, -0.2) is 64.1 Å². The number of anilines is 2. The van der Waals surface area contributed by atoms with Crippen molar-refractivity contribution in [2.45, 2.75) is 31.8 Å². The predicted molar refractivity (Wildman–Crippen MR) is 125 cm³/mol. The standard InChI is InChI=1S/C23H31N3O5S/c1-4-25(5-2)22-12-11-20(32(28,29)26-13-15-30-16-14-26)17-21(22)24-23(27)18(3)31-19-9-7-6-8-10-19/h6-12,17-18H,4-5,13-16H2,1-3H3,(H,24,27). The molecule has 0 saturated carbocycles. The zero-order valence-electron chi connectivity index (χ0n) is 18.8. The van der Waals surface area contributed by atoms with Crippen LogP contribution < -0.4 is 15.0 Å². The van der Waals surface area contributed by atoms with E-state index >= 15 is 0 Å². The zero-order valence-corrected chi connectivity index (χ0v) is 19.6. The SMILES string of the molecule is CCN(CC)c1ccc(S(=O)(=O)N2CCOCC2)cc1NC(=O)C(C)Oc1ccccc1. The lowest BCUT2D eigenvalue weighted by atomic mass is 10.2. The largest absolute Gasteiger partial charge is 0.481 e. The van der Waals surface area contributed by atoms with Crippen LogP contribution in [0.4, 0.5) is 11.4 Å². The van der Waals surface area contributed by atoms with E-state index in [1.165, 1.54) is 10.4 Å². The van der Waals surface area contributed by atoms with Gasteiger partial charge in [0.15, 0.2) is 6.10 Å². The Morgan fingerprint density at radius 2 is 1.78 bits per heavy atom. The normalized spacial score (nSPS) is 15.7. The van der Waals surface area contributed by atoms with E-state index in [9.17, 15) is 13.2 Å². The summed E-state index contributed by atoms with van der Waals surface area (Å²) in [5, 5.41) is 2.88. The van der Waals surface area contributed by atoms with Gasteiger partial charge in [0.05, 0.1) is 29.5 Å². The first-order valence-electron chi connectivity index (χ1n) is 10.9. The molecule has 0 spiro atoms. The van der Waals surface area contributed by atoms with Crippen molar-refractivity contribution in [1.82, 2.24) is 4.31 Å². The van der Waals surface area contributed by atoms with Crippen LogP contribution in [0.1, 0.15) is 20.8 Å². The Morgan fingerprint density at radius 3 is 2.41 bits per heavy atom. The molecule has 1 fully saturated rings. The van der Waals surface area contributed by atoms with Gasteiger partial charge in [-0.25, -0.2) is 8.42 Å². The van der Waals surface area contributed by atoms with Crippen LogP contribution in [0.15, 0.2) is 53.4 Å². The number of amides is 1. The third kappa shape index (κ3) is 5.59. The van der Waals surface area contributed by atoms with Gasteiger partial charge in [-0.05, 0) is 51.1 Å². The molecule has 0 radical (unpaired) electrons. The fourth-order valence-electron chi connectivity index (χ4n) is 3.54. The molecule has 32 heavy (non-hydrogen) atoms. The maximum absolute atomic E-state index is 13.1. The van der Waals surface area contributed by atoms with Crippen molar-refractivity contribution in [2.24, 2.45) is 0 Å². The molecule has 1 unspecified atom stereocenters. The van der Waals surface area contributed by atoms with Crippen LogP contribution >= 0.6 is 0 Å². The first kappa shape index (κ1) is 24.0. The summed E-state index contributed by atoms with van der Waals surface area (Å²) in [6.45, 7) is 8.46. The monoisotopic (exact) mass is 461 g/mol. The smallest absolute Gasteiger partial charge is 0.265 e. The zero-order chi connectivity index (χ0) is 23.1. The quantitative estimate of drug-likeness (QED) is 0.618. The molecule has 9 heteroatoms. The average Bonchev–Trinajstić information content (AvgIpc) is 2.81. The Kier molecular flexibility index (Phi) is 8.11. The molecular formula is C23H31N3O5S. The highest BCUT2D eigenvalue weighted by Crippen LogP contribution is 2.31. The van der Waals surface area contributed by atoms with Gasteiger partial charge < -0.3 is 19.7 Å². The lowest BCUT2D eigenvalue weighted by molar-refractivity contribution is -0.122. The Hall–Kier alpha value is -2.62. The molecule has 0 aromatic heterocycles. The van der Waals surface area contributed by atoms with Gasteiger partial charge in [0.1, 0.15) is 5.75 Å². The number of nitrogens with one attached hydrogen (secondary N) is 1. The van der Waals surface area contributed by atoms with Crippen molar-refractivity contribution < 1.29 is 22.7 Å². The van der Waals surface area contributed by atoms with Crippen molar-refractivity contribution in [3.05, 3.63) is 48.5 Å². The Balaban J connectivity index is 1.88. The number of sulfonamides is 1. The molecule has 2 aromatic rings. The van der Waals surface area contributed by atoms with E-state index in [0.29, 0.717) is 50.8 Å². The summed E-state index contributed by atoms with van der Waals surface area (Å²) in [6, 6.07) is 14.0. The molecule has 1 saturated heterocycles.